The minimum Gasteiger partial charge on any atom is -0.324 e. The fourth-order valence-electron chi connectivity index (χ4n) is 2.24. The molecule has 0 unspecified atom stereocenters. The predicted octanol–water partition coefficient (Wildman–Crippen LogP) is 2.39. The van der Waals surface area contributed by atoms with Crippen LogP contribution in [0.2, 0.25) is 0 Å². The third-order valence-corrected chi connectivity index (χ3v) is 3.23. The maximum absolute atomic E-state index is 13.5. The summed E-state index contributed by atoms with van der Waals surface area (Å²) in [4.78, 5) is 0. The lowest BCUT2D eigenvalue weighted by molar-refractivity contribution is 0.314. The van der Waals surface area contributed by atoms with E-state index in [1.807, 2.05) is 0 Å². The van der Waals surface area contributed by atoms with Crippen molar-refractivity contribution in [2.45, 2.75) is 18.9 Å². The zero-order chi connectivity index (χ0) is 11.5. The lowest BCUT2D eigenvalue weighted by Gasteiger charge is -2.28. The Morgan fingerprint density at radius 3 is 2.53 bits per heavy atom. The average molecular weight is 263 g/mol. The number of nitrogens with one attached hydrogen (secondary N) is 1. The summed E-state index contributed by atoms with van der Waals surface area (Å²) >= 11 is 0. The fourth-order valence-corrected chi connectivity index (χ4v) is 2.24. The Labute approximate surface area is 106 Å². The lowest BCUT2D eigenvalue weighted by Crippen LogP contribution is -2.34. The molecule has 3 N–H and O–H groups in total. The second-order valence-electron chi connectivity index (χ2n) is 4.26. The van der Waals surface area contributed by atoms with Gasteiger partial charge in [0.25, 0.3) is 0 Å². The van der Waals surface area contributed by atoms with E-state index in [0.29, 0.717) is 5.56 Å². The molecular formula is C12H17ClF2N2. The maximum Gasteiger partial charge on any atom is 0.163 e. The van der Waals surface area contributed by atoms with Crippen LogP contribution in [0.5, 0.6) is 0 Å². The topological polar surface area (TPSA) is 38.0 Å². The lowest BCUT2D eigenvalue weighted by atomic mass is 9.86. The Morgan fingerprint density at radius 2 is 1.88 bits per heavy atom. The smallest absolute Gasteiger partial charge is 0.163 e. The third-order valence-electron chi connectivity index (χ3n) is 3.23. The molecule has 5 heteroatoms. The van der Waals surface area contributed by atoms with Gasteiger partial charge in [-0.05, 0) is 37.9 Å². The third kappa shape index (κ3) is 3.15. The molecule has 17 heavy (non-hydrogen) atoms. The predicted molar refractivity (Wildman–Crippen MR) is 66.1 cm³/mol. The minimum atomic E-state index is -0.818. The van der Waals surface area contributed by atoms with Crippen molar-refractivity contribution in [2.24, 2.45) is 11.7 Å². The Balaban J connectivity index is 0.00000144. The number of halogens is 3. The molecule has 0 bridgehead atoms. The van der Waals surface area contributed by atoms with Gasteiger partial charge in [-0.3, -0.25) is 0 Å². The van der Waals surface area contributed by atoms with Gasteiger partial charge >= 0.3 is 0 Å². The highest BCUT2D eigenvalue weighted by molar-refractivity contribution is 5.85. The van der Waals surface area contributed by atoms with Gasteiger partial charge in [0.2, 0.25) is 0 Å². The van der Waals surface area contributed by atoms with Gasteiger partial charge in [0, 0.05) is 11.6 Å². The second kappa shape index (κ2) is 6.28. The van der Waals surface area contributed by atoms with E-state index in [2.05, 4.69) is 5.32 Å². The zero-order valence-electron chi connectivity index (χ0n) is 9.46. The van der Waals surface area contributed by atoms with E-state index in [1.54, 1.807) is 6.07 Å². The summed E-state index contributed by atoms with van der Waals surface area (Å²) < 4.78 is 26.6. The Kier molecular flexibility index (Phi) is 5.31. The Morgan fingerprint density at radius 1 is 1.24 bits per heavy atom. The first kappa shape index (κ1) is 14.4. The summed E-state index contributed by atoms with van der Waals surface area (Å²) in [6.45, 7) is 1.80. The molecule has 0 aliphatic carbocycles. The molecular weight excluding hydrogens is 246 g/mol. The highest BCUT2D eigenvalue weighted by atomic mass is 35.5. The van der Waals surface area contributed by atoms with E-state index in [-0.39, 0.29) is 18.3 Å². The summed E-state index contributed by atoms with van der Waals surface area (Å²) in [5.74, 6) is -1.38. The minimum absolute atomic E-state index is 0. The van der Waals surface area contributed by atoms with Gasteiger partial charge in [-0.1, -0.05) is 12.1 Å². The van der Waals surface area contributed by atoms with E-state index < -0.39 is 17.7 Å². The van der Waals surface area contributed by atoms with E-state index in [1.165, 1.54) is 6.07 Å². The quantitative estimate of drug-likeness (QED) is 0.859. The molecule has 2 rings (SSSR count). The van der Waals surface area contributed by atoms with Gasteiger partial charge in [-0.25, -0.2) is 8.78 Å². The van der Waals surface area contributed by atoms with Crippen LogP contribution in [0.3, 0.4) is 0 Å². The van der Waals surface area contributed by atoms with Gasteiger partial charge in [0.1, 0.15) is 0 Å². The number of hydrogen-bond donors (Lipinski definition) is 2. The van der Waals surface area contributed by atoms with E-state index in [9.17, 15) is 8.78 Å². The molecule has 1 atom stereocenters. The van der Waals surface area contributed by atoms with Gasteiger partial charge < -0.3 is 11.1 Å². The first-order valence-corrected chi connectivity index (χ1v) is 5.60. The number of rotatable bonds is 2. The molecule has 1 aliphatic heterocycles. The van der Waals surface area contributed by atoms with Crippen LogP contribution >= 0.6 is 12.4 Å². The van der Waals surface area contributed by atoms with Crippen molar-refractivity contribution in [3.8, 4) is 0 Å². The van der Waals surface area contributed by atoms with E-state index in [4.69, 9.17) is 5.73 Å². The van der Waals surface area contributed by atoms with Crippen molar-refractivity contribution in [2.75, 3.05) is 13.1 Å². The van der Waals surface area contributed by atoms with Gasteiger partial charge in [0.05, 0.1) is 0 Å². The standard InChI is InChI=1S/C12H16F2N2.ClH/c13-10-3-1-2-9(11(10)14)12(15)8-4-6-16-7-5-8;/h1-3,8,12,16H,4-7,15H2;1H/t12-;/m1./s1. The molecule has 1 aliphatic rings. The largest absolute Gasteiger partial charge is 0.324 e. The highest BCUT2D eigenvalue weighted by Gasteiger charge is 2.24. The number of nitrogens with two attached hydrogens (primary N) is 1. The fraction of sp³-hybridized carbons (Fsp3) is 0.500. The molecule has 0 radical (unpaired) electrons. The number of piperidine rings is 1. The van der Waals surface area contributed by atoms with Crippen molar-refractivity contribution >= 4 is 12.4 Å². The van der Waals surface area contributed by atoms with Crippen LogP contribution in [0.1, 0.15) is 24.4 Å². The van der Waals surface area contributed by atoms with Crippen molar-refractivity contribution in [3.05, 3.63) is 35.4 Å². The molecule has 1 aromatic carbocycles. The summed E-state index contributed by atoms with van der Waals surface area (Å²) in [6.07, 6.45) is 1.83. The summed E-state index contributed by atoms with van der Waals surface area (Å²) in [7, 11) is 0. The summed E-state index contributed by atoms with van der Waals surface area (Å²) in [5.41, 5.74) is 6.30. The normalized spacial score (nSPS) is 18.5. The molecule has 96 valence electrons. The maximum atomic E-state index is 13.5. The molecule has 0 saturated carbocycles. The van der Waals surface area contributed by atoms with Crippen LogP contribution in [0.25, 0.3) is 0 Å². The molecule has 1 fully saturated rings. The summed E-state index contributed by atoms with van der Waals surface area (Å²) in [6, 6.07) is 3.80. The SMILES string of the molecule is Cl.N[C@@H](c1cccc(F)c1F)C1CCNCC1. The van der Waals surface area contributed by atoms with E-state index in [0.717, 1.165) is 32.0 Å². The molecule has 0 aromatic heterocycles. The van der Waals surface area contributed by atoms with Crippen LogP contribution in [0.4, 0.5) is 8.78 Å². The molecule has 1 saturated heterocycles. The van der Waals surface area contributed by atoms with Gasteiger partial charge in [0.15, 0.2) is 11.6 Å². The van der Waals surface area contributed by atoms with Crippen molar-refractivity contribution < 1.29 is 8.78 Å². The van der Waals surface area contributed by atoms with Crippen LogP contribution in [-0.4, -0.2) is 13.1 Å². The Bertz CT molecular complexity index is 368. The molecule has 0 amide bonds. The van der Waals surface area contributed by atoms with Crippen LogP contribution < -0.4 is 11.1 Å². The second-order valence-corrected chi connectivity index (χ2v) is 4.26. The molecule has 2 nitrogen and oxygen atoms in total. The van der Waals surface area contributed by atoms with Crippen LogP contribution in [-0.2, 0) is 0 Å². The number of hydrogen-bond acceptors (Lipinski definition) is 2. The van der Waals surface area contributed by atoms with Crippen molar-refractivity contribution in [1.82, 2.24) is 5.32 Å². The number of benzene rings is 1. The Hall–Kier alpha value is -0.710. The zero-order valence-corrected chi connectivity index (χ0v) is 10.3. The summed E-state index contributed by atoms with van der Waals surface area (Å²) in [5, 5.41) is 3.22. The van der Waals surface area contributed by atoms with E-state index >= 15 is 0 Å². The van der Waals surface area contributed by atoms with Crippen molar-refractivity contribution in [1.29, 1.82) is 0 Å². The monoisotopic (exact) mass is 262 g/mol. The van der Waals surface area contributed by atoms with Crippen LogP contribution in [0, 0.1) is 17.6 Å². The molecule has 1 heterocycles. The van der Waals surface area contributed by atoms with Gasteiger partial charge in [-0.2, -0.15) is 0 Å². The van der Waals surface area contributed by atoms with Crippen molar-refractivity contribution in [3.63, 3.8) is 0 Å². The average Bonchev–Trinajstić information content (AvgIpc) is 2.33. The first-order chi connectivity index (χ1) is 7.70. The van der Waals surface area contributed by atoms with Gasteiger partial charge in [-0.15, -0.1) is 12.4 Å². The van der Waals surface area contributed by atoms with Crippen LogP contribution in [0.15, 0.2) is 18.2 Å². The molecule has 0 spiro atoms. The molecule has 1 aromatic rings. The first-order valence-electron chi connectivity index (χ1n) is 5.60. The highest BCUT2D eigenvalue weighted by Crippen LogP contribution is 2.28.